The van der Waals surface area contributed by atoms with Gasteiger partial charge in [-0.3, -0.25) is 15.0 Å². The highest BCUT2D eigenvalue weighted by Gasteiger charge is 2.31. The average Bonchev–Trinajstić information content (AvgIpc) is 2.51. The van der Waals surface area contributed by atoms with Crippen molar-refractivity contribution in [3.8, 4) is 0 Å². The van der Waals surface area contributed by atoms with E-state index in [1.807, 2.05) is 0 Å². The molecule has 2 aromatic rings. The Hall–Kier alpha value is -2.47. The molecule has 0 spiro atoms. The molecule has 0 aliphatic carbocycles. The minimum atomic E-state index is -0.767. The van der Waals surface area contributed by atoms with Crippen LogP contribution >= 0.6 is 11.6 Å². The molecule has 0 bridgehead atoms. The first-order valence-electron chi connectivity index (χ1n) is 7.22. The molecule has 1 heterocycles. The van der Waals surface area contributed by atoms with Gasteiger partial charge < -0.3 is 0 Å². The molecule has 0 atom stereocenters. The van der Waals surface area contributed by atoms with E-state index in [0.717, 1.165) is 5.01 Å². The lowest BCUT2D eigenvalue weighted by Gasteiger charge is -2.35. The first-order chi connectivity index (χ1) is 11.2. The summed E-state index contributed by atoms with van der Waals surface area (Å²) >= 11 is 5.96. The molecule has 0 saturated carbocycles. The van der Waals surface area contributed by atoms with Crippen LogP contribution in [0.25, 0.3) is 0 Å². The summed E-state index contributed by atoms with van der Waals surface area (Å²) in [6.45, 7) is 5.20. The van der Waals surface area contributed by atoms with E-state index in [1.54, 1.807) is 32.9 Å². The summed E-state index contributed by atoms with van der Waals surface area (Å²) in [6, 6.07) is 8.61. The van der Waals surface area contributed by atoms with E-state index in [1.165, 1.54) is 30.5 Å². The molecule has 2 rings (SSSR count). The molecule has 1 N–H and O–H groups in total. The van der Waals surface area contributed by atoms with E-state index in [4.69, 9.17) is 11.6 Å². The second-order valence-corrected chi connectivity index (χ2v) is 6.43. The summed E-state index contributed by atoms with van der Waals surface area (Å²) in [5, 5.41) is 1.14. The topological polar surface area (TPSA) is 62.3 Å². The van der Waals surface area contributed by atoms with Crippen LogP contribution in [0.4, 0.5) is 4.39 Å². The molecule has 24 heavy (non-hydrogen) atoms. The summed E-state index contributed by atoms with van der Waals surface area (Å²) in [7, 11) is 0. The number of benzene rings is 1. The van der Waals surface area contributed by atoms with Crippen LogP contribution in [0.1, 0.15) is 41.5 Å². The van der Waals surface area contributed by atoms with Crippen LogP contribution in [0.15, 0.2) is 42.6 Å². The van der Waals surface area contributed by atoms with Crippen LogP contribution in [0.3, 0.4) is 0 Å². The fraction of sp³-hybridized carbons (Fsp3) is 0.235. The average molecular weight is 350 g/mol. The van der Waals surface area contributed by atoms with E-state index < -0.39 is 23.2 Å². The summed E-state index contributed by atoms with van der Waals surface area (Å²) < 4.78 is 13.8. The molecule has 5 nitrogen and oxygen atoms in total. The normalized spacial score (nSPS) is 11.0. The lowest BCUT2D eigenvalue weighted by molar-refractivity contribution is 0.0357. The number of aromatic nitrogens is 1. The maximum absolute atomic E-state index is 13.8. The Labute approximate surface area is 144 Å². The monoisotopic (exact) mass is 349 g/mol. The van der Waals surface area contributed by atoms with E-state index in [0.29, 0.717) is 0 Å². The second kappa shape index (κ2) is 6.97. The number of carbonyl (C=O) groups is 2. The van der Waals surface area contributed by atoms with Crippen LogP contribution < -0.4 is 5.43 Å². The SMILES string of the molecule is CC(C)(C)N(NC(=O)c1ccccc1F)C(=O)c1cccnc1Cl. The minimum absolute atomic E-state index is 0.0249. The summed E-state index contributed by atoms with van der Waals surface area (Å²) in [4.78, 5) is 29.0. The Bertz CT molecular complexity index is 774. The van der Waals surface area contributed by atoms with E-state index >= 15 is 0 Å². The van der Waals surface area contributed by atoms with Gasteiger partial charge in [-0.1, -0.05) is 23.7 Å². The molecule has 2 amide bonds. The van der Waals surface area contributed by atoms with Crippen molar-refractivity contribution >= 4 is 23.4 Å². The molecule has 1 aromatic carbocycles. The van der Waals surface area contributed by atoms with Gasteiger partial charge in [-0.25, -0.2) is 14.4 Å². The van der Waals surface area contributed by atoms with Crippen LogP contribution in [0, 0.1) is 5.82 Å². The molecule has 0 saturated heterocycles. The van der Waals surface area contributed by atoms with Crippen molar-refractivity contribution in [3.05, 3.63) is 64.7 Å². The van der Waals surface area contributed by atoms with Crippen molar-refractivity contribution in [1.82, 2.24) is 15.4 Å². The smallest absolute Gasteiger partial charge is 0.267 e. The van der Waals surface area contributed by atoms with Gasteiger partial charge in [-0.15, -0.1) is 0 Å². The molecule has 126 valence electrons. The summed E-state index contributed by atoms with van der Waals surface area (Å²) in [5.41, 5.74) is 1.68. The van der Waals surface area contributed by atoms with Gasteiger partial charge in [0.25, 0.3) is 11.8 Å². The summed E-state index contributed by atoms with van der Waals surface area (Å²) in [6.07, 6.45) is 1.46. The fourth-order valence-electron chi connectivity index (χ4n) is 2.00. The van der Waals surface area contributed by atoms with Crippen molar-refractivity contribution < 1.29 is 14.0 Å². The predicted octanol–water partition coefficient (Wildman–Crippen LogP) is 3.46. The van der Waals surface area contributed by atoms with Gasteiger partial charge in [0, 0.05) is 6.20 Å². The van der Waals surface area contributed by atoms with Gasteiger partial charge >= 0.3 is 0 Å². The van der Waals surface area contributed by atoms with Crippen molar-refractivity contribution in [2.75, 3.05) is 0 Å². The number of hydrazine groups is 1. The number of pyridine rings is 1. The largest absolute Gasteiger partial charge is 0.275 e. The Morgan fingerprint density at radius 2 is 1.75 bits per heavy atom. The number of rotatable bonds is 2. The zero-order valence-electron chi connectivity index (χ0n) is 13.5. The standard InChI is InChI=1S/C17H17ClFN3O2/c1-17(2,3)22(16(24)12-8-6-10-20-14(12)18)21-15(23)11-7-4-5-9-13(11)19/h4-10H,1-3H3,(H,21,23). The molecular weight excluding hydrogens is 333 g/mol. The molecule has 0 unspecified atom stereocenters. The van der Waals surface area contributed by atoms with Crippen LogP contribution in [0.5, 0.6) is 0 Å². The highest BCUT2D eigenvalue weighted by Crippen LogP contribution is 2.20. The predicted molar refractivity (Wildman–Crippen MR) is 89.0 cm³/mol. The fourth-order valence-corrected chi connectivity index (χ4v) is 2.20. The zero-order chi connectivity index (χ0) is 17.9. The third kappa shape index (κ3) is 3.89. The lowest BCUT2D eigenvalue weighted by Crippen LogP contribution is -2.56. The van der Waals surface area contributed by atoms with Crippen molar-refractivity contribution in [3.63, 3.8) is 0 Å². The Kier molecular flexibility index (Phi) is 5.19. The van der Waals surface area contributed by atoms with E-state index in [9.17, 15) is 14.0 Å². The number of nitrogens with one attached hydrogen (secondary N) is 1. The number of hydrogen-bond donors (Lipinski definition) is 1. The highest BCUT2D eigenvalue weighted by molar-refractivity contribution is 6.32. The van der Waals surface area contributed by atoms with Gasteiger partial charge in [-0.05, 0) is 45.0 Å². The van der Waals surface area contributed by atoms with Gasteiger partial charge in [0.2, 0.25) is 0 Å². The zero-order valence-corrected chi connectivity index (χ0v) is 14.3. The molecule has 0 aliphatic rings. The van der Waals surface area contributed by atoms with Crippen LogP contribution in [0.2, 0.25) is 5.15 Å². The third-order valence-corrected chi connectivity index (χ3v) is 3.50. The van der Waals surface area contributed by atoms with Gasteiger partial charge in [-0.2, -0.15) is 0 Å². The quantitative estimate of drug-likeness (QED) is 0.667. The molecule has 7 heteroatoms. The van der Waals surface area contributed by atoms with Crippen LogP contribution in [-0.4, -0.2) is 27.3 Å². The number of hydrogen-bond acceptors (Lipinski definition) is 3. The van der Waals surface area contributed by atoms with Crippen molar-refractivity contribution in [1.29, 1.82) is 0 Å². The first-order valence-corrected chi connectivity index (χ1v) is 7.60. The highest BCUT2D eigenvalue weighted by atomic mass is 35.5. The van der Waals surface area contributed by atoms with E-state index in [-0.39, 0.29) is 16.3 Å². The maximum Gasteiger partial charge on any atom is 0.275 e. The molecule has 0 radical (unpaired) electrons. The summed E-state index contributed by atoms with van der Waals surface area (Å²) in [5.74, 6) is -1.93. The third-order valence-electron chi connectivity index (χ3n) is 3.20. The minimum Gasteiger partial charge on any atom is -0.267 e. The number of amides is 2. The lowest BCUT2D eigenvalue weighted by atomic mass is 10.1. The maximum atomic E-state index is 13.8. The molecule has 1 aromatic heterocycles. The number of nitrogens with zero attached hydrogens (tertiary/aromatic N) is 2. The Morgan fingerprint density at radius 1 is 1.12 bits per heavy atom. The van der Waals surface area contributed by atoms with Crippen molar-refractivity contribution in [2.24, 2.45) is 0 Å². The number of carbonyl (C=O) groups excluding carboxylic acids is 2. The van der Waals surface area contributed by atoms with Gasteiger partial charge in [0.05, 0.1) is 16.7 Å². The van der Waals surface area contributed by atoms with Gasteiger partial charge in [0.1, 0.15) is 11.0 Å². The first kappa shape index (κ1) is 17.9. The number of halogens is 2. The van der Waals surface area contributed by atoms with Gasteiger partial charge in [0.15, 0.2) is 0 Å². The Morgan fingerprint density at radius 3 is 2.33 bits per heavy atom. The molecule has 0 fully saturated rings. The Balaban J connectivity index is 2.34. The second-order valence-electron chi connectivity index (χ2n) is 6.07. The van der Waals surface area contributed by atoms with Crippen molar-refractivity contribution in [2.45, 2.75) is 26.3 Å². The molecular formula is C17H17ClFN3O2. The van der Waals surface area contributed by atoms with E-state index in [2.05, 4.69) is 10.4 Å². The van der Waals surface area contributed by atoms with Crippen LogP contribution in [-0.2, 0) is 0 Å². The molecule has 0 aliphatic heterocycles.